The maximum atomic E-state index is 13.7. The molecule has 1 amide bonds. The van der Waals surface area contributed by atoms with E-state index >= 15 is 0 Å². The molecule has 1 N–H and O–H groups in total. The number of anilines is 1. The Labute approximate surface area is 188 Å². The highest BCUT2D eigenvalue weighted by molar-refractivity contribution is 7.17. The molecule has 5 rings (SSSR count). The van der Waals surface area contributed by atoms with Crippen LogP contribution in [0.25, 0.3) is 10.2 Å². The fourth-order valence-corrected chi connectivity index (χ4v) is 4.68. The minimum absolute atomic E-state index is 0.222. The van der Waals surface area contributed by atoms with Gasteiger partial charge in [-0.15, -0.1) is 11.3 Å². The molecule has 0 fully saturated rings. The zero-order valence-corrected chi connectivity index (χ0v) is 18.3. The van der Waals surface area contributed by atoms with Gasteiger partial charge in [0, 0.05) is 12.7 Å². The maximum Gasteiger partial charge on any atom is 0.272 e. The second-order valence-electron chi connectivity index (χ2n) is 7.79. The molecule has 0 unspecified atom stereocenters. The molecule has 0 atom stereocenters. The zero-order valence-electron chi connectivity index (χ0n) is 17.5. The van der Waals surface area contributed by atoms with E-state index in [-0.39, 0.29) is 11.7 Å². The Kier molecular flexibility index (Phi) is 5.33. The summed E-state index contributed by atoms with van der Waals surface area (Å²) >= 11 is 1.57. The highest BCUT2D eigenvalue weighted by atomic mass is 32.1. The fraction of sp³-hybridized carbons (Fsp3) is 0.120. The first-order chi connectivity index (χ1) is 15.5. The van der Waals surface area contributed by atoms with Crippen LogP contribution in [0.3, 0.4) is 0 Å². The van der Waals surface area contributed by atoms with E-state index in [1.54, 1.807) is 28.3 Å². The number of amides is 1. The molecule has 32 heavy (non-hydrogen) atoms. The first-order valence-electron chi connectivity index (χ1n) is 10.3. The molecular formula is C25H21FN4OS. The van der Waals surface area contributed by atoms with Crippen molar-refractivity contribution in [1.82, 2.24) is 14.3 Å². The van der Waals surface area contributed by atoms with Crippen molar-refractivity contribution < 1.29 is 9.18 Å². The number of aromatic nitrogens is 3. The predicted molar refractivity (Wildman–Crippen MR) is 126 cm³/mol. The Bertz CT molecular complexity index is 1410. The molecule has 0 aliphatic heterocycles. The Morgan fingerprint density at radius 3 is 2.69 bits per heavy atom. The second-order valence-corrected chi connectivity index (χ2v) is 8.73. The van der Waals surface area contributed by atoms with Gasteiger partial charge in [-0.05, 0) is 47.7 Å². The lowest BCUT2D eigenvalue weighted by Crippen LogP contribution is -2.17. The van der Waals surface area contributed by atoms with Gasteiger partial charge >= 0.3 is 0 Å². The Morgan fingerprint density at radius 1 is 1.06 bits per heavy atom. The lowest BCUT2D eigenvalue weighted by molar-refractivity contribution is 0.101. The van der Waals surface area contributed by atoms with Crippen molar-refractivity contribution in [1.29, 1.82) is 0 Å². The number of rotatable bonds is 6. The molecule has 5 nitrogen and oxygen atoms in total. The molecule has 3 heterocycles. The van der Waals surface area contributed by atoms with Crippen molar-refractivity contribution >= 4 is 33.1 Å². The molecule has 5 aromatic rings. The number of hydrogen-bond donors (Lipinski definition) is 1. The molecular weight excluding hydrogens is 423 g/mol. The quantitative estimate of drug-likeness (QED) is 0.365. The molecule has 7 heteroatoms. The molecule has 3 aromatic heterocycles. The fourth-order valence-electron chi connectivity index (χ4n) is 3.86. The number of carbonyl (C=O) groups is 1. The van der Waals surface area contributed by atoms with Gasteiger partial charge in [-0.2, -0.15) is 5.10 Å². The lowest BCUT2D eigenvalue weighted by atomic mass is 10.1. The SMILES string of the molecule is Cc1cccc(Cn2cc(NC(=O)c3cc4sccc4n3Cc3cccc(F)c3)cn2)c1. The van der Waals surface area contributed by atoms with E-state index in [1.807, 2.05) is 40.4 Å². The predicted octanol–water partition coefficient (Wildman–Crippen LogP) is 5.70. The van der Waals surface area contributed by atoms with E-state index in [0.29, 0.717) is 24.5 Å². The van der Waals surface area contributed by atoms with Crippen molar-refractivity contribution in [3.63, 3.8) is 0 Å². The van der Waals surface area contributed by atoms with E-state index in [4.69, 9.17) is 0 Å². The topological polar surface area (TPSA) is 51.9 Å². The summed E-state index contributed by atoms with van der Waals surface area (Å²) in [6, 6.07) is 18.6. The Morgan fingerprint density at radius 2 is 1.88 bits per heavy atom. The standard InChI is InChI=1S/C25H21FN4OS/c1-17-4-2-5-18(10-17)14-29-16-21(13-27-29)28-25(31)23-12-24-22(8-9-32-24)30(23)15-19-6-3-7-20(26)11-19/h2-13,16H,14-15H2,1H3,(H,28,31). The summed E-state index contributed by atoms with van der Waals surface area (Å²) in [5, 5.41) is 9.32. The van der Waals surface area contributed by atoms with Crippen LogP contribution >= 0.6 is 11.3 Å². The van der Waals surface area contributed by atoms with Gasteiger partial charge in [0.05, 0.1) is 28.6 Å². The van der Waals surface area contributed by atoms with Gasteiger partial charge in [-0.1, -0.05) is 42.0 Å². The van der Waals surface area contributed by atoms with Crippen LogP contribution in [0.5, 0.6) is 0 Å². The first kappa shape index (κ1) is 20.2. The minimum Gasteiger partial charge on any atom is -0.331 e. The number of aryl methyl sites for hydroxylation is 1. The molecule has 0 bridgehead atoms. The lowest BCUT2D eigenvalue weighted by Gasteiger charge is -2.10. The summed E-state index contributed by atoms with van der Waals surface area (Å²) < 4.78 is 18.4. The van der Waals surface area contributed by atoms with Gasteiger partial charge in [0.1, 0.15) is 11.5 Å². The highest BCUT2D eigenvalue weighted by Crippen LogP contribution is 2.27. The first-order valence-corrected chi connectivity index (χ1v) is 11.1. The molecule has 0 aliphatic rings. The van der Waals surface area contributed by atoms with E-state index in [1.165, 1.54) is 17.7 Å². The van der Waals surface area contributed by atoms with Crippen LogP contribution in [-0.4, -0.2) is 20.3 Å². The summed E-state index contributed by atoms with van der Waals surface area (Å²) in [4.78, 5) is 13.1. The third-order valence-corrected chi connectivity index (χ3v) is 6.16. The van der Waals surface area contributed by atoms with Crippen molar-refractivity contribution in [2.45, 2.75) is 20.0 Å². The molecule has 0 saturated carbocycles. The molecule has 0 radical (unpaired) electrons. The number of benzene rings is 2. The molecule has 0 saturated heterocycles. The average Bonchev–Trinajstić information content (AvgIpc) is 3.46. The van der Waals surface area contributed by atoms with Crippen LogP contribution in [0.1, 0.15) is 27.2 Å². The zero-order chi connectivity index (χ0) is 22.1. The monoisotopic (exact) mass is 444 g/mol. The van der Waals surface area contributed by atoms with Gasteiger partial charge in [-0.3, -0.25) is 9.48 Å². The molecule has 0 spiro atoms. The number of hydrogen-bond acceptors (Lipinski definition) is 3. The van der Waals surface area contributed by atoms with Gasteiger partial charge < -0.3 is 9.88 Å². The van der Waals surface area contributed by atoms with E-state index in [0.717, 1.165) is 21.3 Å². The number of nitrogens with zero attached hydrogens (tertiary/aromatic N) is 3. The van der Waals surface area contributed by atoms with E-state index in [2.05, 4.69) is 35.5 Å². The summed E-state index contributed by atoms with van der Waals surface area (Å²) in [6.07, 6.45) is 3.47. The summed E-state index contributed by atoms with van der Waals surface area (Å²) in [6.45, 7) is 3.10. The number of thiophene rings is 1. The van der Waals surface area contributed by atoms with E-state index < -0.39 is 0 Å². The summed E-state index contributed by atoms with van der Waals surface area (Å²) in [5.74, 6) is -0.511. The molecule has 0 aliphatic carbocycles. The van der Waals surface area contributed by atoms with Crippen molar-refractivity contribution in [3.8, 4) is 0 Å². The smallest absolute Gasteiger partial charge is 0.272 e. The Hall–Kier alpha value is -3.71. The maximum absolute atomic E-state index is 13.7. The van der Waals surface area contributed by atoms with Crippen LogP contribution in [0, 0.1) is 12.7 Å². The van der Waals surface area contributed by atoms with Crippen LogP contribution in [0.4, 0.5) is 10.1 Å². The largest absolute Gasteiger partial charge is 0.331 e. The number of carbonyl (C=O) groups excluding carboxylic acids is 1. The summed E-state index contributed by atoms with van der Waals surface area (Å²) in [7, 11) is 0. The van der Waals surface area contributed by atoms with Crippen LogP contribution in [0.2, 0.25) is 0 Å². The normalized spacial score (nSPS) is 11.2. The van der Waals surface area contributed by atoms with Gasteiger partial charge in [0.2, 0.25) is 0 Å². The highest BCUT2D eigenvalue weighted by Gasteiger charge is 2.18. The van der Waals surface area contributed by atoms with Crippen LogP contribution in [0.15, 0.2) is 78.4 Å². The van der Waals surface area contributed by atoms with Crippen LogP contribution in [-0.2, 0) is 13.1 Å². The van der Waals surface area contributed by atoms with E-state index in [9.17, 15) is 9.18 Å². The van der Waals surface area contributed by atoms with Gasteiger partial charge in [0.25, 0.3) is 5.91 Å². The van der Waals surface area contributed by atoms with Crippen LogP contribution < -0.4 is 5.32 Å². The Balaban J connectivity index is 1.37. The number of halogens is 1. The second kappa shape index (κ2) is 8.43. The number of nitrogens with one attached hydrogen (secondary N) is 1. The van der Waals surface area contributed by atoms with Gasteiger partial charge in [0.15, 0.2) is 0 Å². The van der Waals surface area contributed by atoms with Crippen molar-refractivity contribution in [3.05, 3.63) is 107 Å². The van der Waals surface area contributed by atoms with Gasteiger partial charge in [-0.25, -0.2) is 4.39 Å². The molecule has 2 aromatic carbocycles. The van der Waals surface area contributed by atoms with Crippen molar-refractivity contribution in [2.75, 3.05) is 5.32 Å². The van der Waals surface area contributed by atoms with Crippen molar-refractivity contribution in [2.24, 2.45) is 0 Å². The number of fused-ring (bicyclic) bond motifs is 1. The summed E-state index contributed by atoms with van der Waals surface area (Å²) in [5.41, 5.74) is 5.26. The average molecular weight is 445 g/mol. The molecule has 160 valence electrons. The third kappa shape index (κ3) is 4.20. The third-order valence-electron chi connectivity index (χ3n) is 5.30. The minimum atomic E-state index is -0.289.